The van der Waals surface area contributed by atoms with E-state index in [0.717, 1.165) is 11.1 Å². The lowest BCUT2D eigenvalue weighted by Gasteiger charge is -2.46. The number of hydrogen-bond acceptors (Lipinski definition) is 5. The summed E-state index contributed by atoms with van der Waals surface area (Å²) in [5.41, 5.74) is 2.99. The summed E-state index contributed by atoms with van der Waals surface area (Å²) in [4.78, 5) is 37.1. The van der Waals surface area contributed by atoms with Gasteiger partial charge in [-0.15, -0.1) is 0 Å². The Morgan fingerprint density at radius 1 is 1.00 bits per heavy atom. The molecule has 1 heterocycles. The van der Waals surface area contributed by atoms with E-state index >= 15 is 0 Å². The summed E-state index contributed by atoms with van der Waals surface area (Å²) in [6, 6.07) is 13.9. The Labute approximate surface area is 151 Å². The van der Waals surface area contributed by atoms with Gasteiger partial charge in [0.05, 0.1) is 12.7 Å². The van der Waals surface area contributed by atoms with Crippen molar-refractivity contribution in [3.63, 3.8) is 0 Å². The molecule has 6 heteroatoms. The molecule has 0 aromatic heterocycles. The lowest BCUT2D eigenvalue weighted by atomic mass is 9.89. The molecule has 134 valence electrons. The van der Waals surface area contributed by atoms with Gasteiger partial charge in [0.1, 0.15) is 6.04 Å². The minimum atomic E-state index is -0.851. The van der Waals surface area contributed by atoms with Gasteiger partial charge in [0.2, 0.25) is 6.10 Å². The maximum Gasteiger partial charge on any atom is 0.337 e. The number of hydrogen-bond donors (Lipinski definition) is 0. The monoisotopic (exact) mass is 353 g/mol. The van der Waals surface area contributed by atoms with Crippen molar-refractivity contribution in [3.8, 4) is 0 Å². The largest absolute Gasteiger partial charge is 0.465 e. The molecule has 0 spiro atoms. The molecule has 0 saturated carbocycles. The van der Waals surface area contributed by atoms with Crippen LogP contribution in [0.1, 0.15) is 34.5 Å². The van der Waals surface area contributed by atoms with Crippen molar-refractivity contribution in [1.82, 2.24) is 0 Å². The Morgan fingerprint density at radius 3 is 2.15 bits per heavy atom. The number of methoxy groups -OCH3 is 1. The minimum absolute atomic E-state index is 0.295. The molecular weight excluding hydrogens is 334 g/mol. The van der Waals surface area contributed by atoms with Gasteiger partial charge in [0.15, 0.2) is 0 Å². The summed E-state index contributed by atoms with van der Waals surface area (Å²) in [6.07, 6.45) is -0.851. The molecule has 0 aliphatic carbocycles. The first kappa shape index (κ1) is 17.7. The highest BCUT2D eigenvalue weighted by Gasteiger charge is 2.51. The molecule has 1 amide bonds. The standard InChI is InChI=1S/C20H19NO5/c1-12-4-6-14(7-5-12)17-18(26-13(2)22)19(23)21(17)16-10-8-15(9-11-16)20(24)25-3/h4-11,17-18H,1-3H3. The topological polar surface area (TPSA) is 72.9 Å². The lowest BCUT2D eigenvalue weighted by molar-refractivity contribution is -0.160. The third-order valence-corrected chi connectivity index (χ3v) is 4.32. The highest BCUT2D eigenvalue weighted by molar-refractivity contribution is 6.06. The zero-order chi connectivity index (χ0) is 18.8. The molecule has 2 unspecified atom stereocenters. The summed E-state index contributed by atoms with van der Waals surface area (Å²) in [5.74, 6) is -1.24. The van der Waals surface area contributed by atoms with Crippen molar-refractivity contribution in [2.75, 3.05) is 12.0 Å². The molecule has 0 bridgehead atoms. The minimum Gasteiger partial charge on any atom is -0.465 e. The molecule has 3 rings (SSSR count). The summed E-state index contributed by atoms with van der Waals surface area (Å²) < 4.78 is 9.91. The number of carbonyl (C=O) groups excluding carboxylic acids is 3. The fourth-order valence-corrected chi connectivity index (χ4v) is 3.01. The average Bonchev–Trinajstić information content (AvgIpc) is 2.64. The predicted molar refractivity (Wildman–Crippen MR) is 94.7 cm³/mol. The van der Waals surface area contributed by atoms with Gasteiger partial charge in [-0.3, -0.25) is 14.5 Å². The first-order chi connectivity index (χ1) is 12.4. The third kappa shape index (κ3) is 3.18. The van der Waals surface area contributed by atoms with E-state index in [-0.39, 0.29) is 5.91 Å². The molecule has 1 fully saturated rings. The SMILES string of the molecule is COC(=O)c1ccc(N2C(=O)C(OC(C)=O)C2c2ccc(C)cc2)cc1. The van der Waals surface area contributed by atoms with E-state index in [4.69, 9.17) is 4.74 Å². The second kappa shape index (κ2) is 7.00. The maximum atomic E-state index is 12.6. The van der Waals surface area contributed by atoms with E-state index in [1.165, 1.54) is 14.0 Å². The number of amides is 1. The number of β-lactam (4-membered cyclic amide) rings is 1. The first-order valence-electron chi connectivity index (χ1n) is 8.17. The van der Waals surface area contributed by atoms with Crippen molar-refractivity contribution in [3.05, 3.63) is 65.2 Å². The van der Waals surface area contributed by atoms with Crippen LogP contribution in [0.5, 0.6) is 0 Å². The Balaban J connectivity index is 1.93. The highest BCUT2D eigenvalue weighted by Crippen LogP contribution is 2.41. The maximum absolute atomic E-state index is 12.6. The number of benzene rings is 2. The Morgan fingerprint density at radius 2 is 1.62 bits per heavy atom. The predicted octanol–water partition coefficient (Wildman–Crippen LogP) is 2.80. The number of esters is 2. The smallest absolute Gasteiger partial charge is 0.337 e. The van der Waals surface area contributed by atoms with Crippen LogP contribution in [0, 0.1) is 6.92 Å². The molecule has 26 heavy (non-hydrogen) atoms. The lowest BCUT2D eigenvalue weighted by Crippen LogP contribution is -2.60. The van der Waals surface area contributed by atoms with Gasteiger partial charge >= 0.3 is 11.9 Å². The van der Waals surface area contributed by atoms with Gasteiger partial charge in [0.25, 0.3) is 5.91 Å². The highest BCUT2D eigenvalue weighted by atomic mass is 16.6. The summed E-state index contributed by atoms with van der Waals surface area (Å²) in [7, 11) is 1.31. The van der Waals surface area contributed by atoms with Crippen molar-refractivity contribution in [1.29, 1.82) is 0 Å². The zero-order valence-electron chi connectivity index (χ0n) is 14.8. The fourth-order valence-electron chi connectivity index (χ4n) is 3.01. The number of aryl methyl sites for hydroxylation is 1. The van der Waals surface area contributed by atoms with E-state index in [1.807, 2.05) is 31.2 Å². The second-order valence-corrected chi connectivity index (χ2v) is 6.13. The Hall–Kier alpha value is -3.15. The van der Waals surface area contributed by atoms with Gasteiger partial charge in [0, 0.05) is 12.6 Å². The Bertz CT molecular complexity index is 842. The zero-order valence-corrected chi connectivity index (χ0v) is 14.8. The van der Waals surface area contributed by atoms with Crippen molar-refractivity contribution >= 4 is 23.5 Å². The number of rotatable bonds is 4. The van der Waals surface area contributed by atoms with Gasteiger partial charge < -0.3 is 9.47 Å². The molecule has 0 radical (unpaired) electrons. The summed E-state index contributed by atoms with van der Waals surface area (Å²) >= 11 is 0. The van der Waals surface area contributed by atoms with E-state index in [1.54, 1.807) is 29.2 Å². The molecule has 1 aliphatic heterocycles. The van der Waals surface area contributed by atoms with Crippen LogP contribution < -0.4 is 4.90 Å². The van der Waals surface area contributed by atoms with Crippen LogP contribution in [0.25, 0.3) is 0 Å². The van der Waals surface area contributed by atoms with E-state index in [9.17, 15) is 14.4 Å². The number of nitrogens with zero attached hydrogens (tertiary/aromatic N) is 1. The Kier molecular flexibility index (Phi) is 4.75. The van der Waals surface area contributed by atoms with E-state index < -0.39 is 24.1 Å². The molecule has 6 nitrogen and oxygen atoms in total. The molecule has 1 aliphatic rings. The summed E-state index contributed by atoms with van der Waals surface area (Å²) in [5, 5.41) is 0. The molecule has 2 aromatic carbocycles. The van der Waals surface area contributed by atoms with Crippen LogP contribution in [0.15, 0.2) is 48.5 Å². The van der Waals surface area contributed by atoms with Crippen molar-refractivity contribution in [2.45, 2.75) is 26.0 Å². The van der Waals surface area contributed by atoms with Gasteiger partial charge in [-0.25, -0.2) is 4.79 Å². The first-order valence-corrected chi connectivity index (χ1v) is 8.17. The van der Waals surface area contributed by atoms with Crippen molar-refractivity contribution in [2.24, 2.45) is 0 Å². The number of ether oxygens (including phenoxy) is 2. The van der Waals surface area contributed by atoms with E-state index in [2.05, 4.69) is 4.74 Å². The quantitative estimate of drug-likeness (QED) is 0.624. The number of carbonyl (C=O) groups is 3. The third-order valence-electron chi connectivity index (χ3n) is 4.32. The average molecular weight is 353 g/mol. The van der Waals surface area contributed by atoms with E-state index in [0.29, 0.717) is 11.3 Å². The van der Waals surface area contributed by atoms with Crippen molar-refractivity contribution < 1.29 is 23.9 Å². The van der Waals surface area contributed by atoms with Crippen LogP contribution in [-0.4, -0.2) is 31.1 Å². The van der Waals surface area contributed by atoms with Crippen LogP contribution in [0.2, 0.25) is 0 Å². The fraction of sp³-hybridized carbons (Fsp3) is 0.250. The molecule has 1 saturated heterocycles. The van der Waals surface area contributed by atoms with Crippen LogP contribution in [-0.2, 0) is 19.1 Å². The summed E-state index contributed by atoms with van der Waals surface area (Å²) in [6.45, 7) is 3.26. The van der Waals surface area contributed by atoms with Crippen LogP contribution >= 0.6 is 0 Å². The molecule has 2 atom stereocenters. The van der Waals surface area contributed by atoms with Gasteiger partial charge in [-0.05, 0) is 36.8 Å². The second-order valence-electron chi connectivity index (χ2n) is 6.13. The molecular formula is C20H19NO5. The molecule has 0 N–H and O–H groups in total. The number of anilines is 1. The van der Waals surface area contributed by atoms with Crippen LogP contribution in [0.3, 0.4) is 0 Å². The van der Waals surface area contributed by atoms with Gasteiger partial charge in [-0.1, -0.05) is 29.8 Å². The van der Waals surface area contributed by atoms with Gasteiger partial charge in [-0.2, -0.15) is 0 Å². The van der Waals surface area contributed by atoms with Crippen LogP contribution in [0.4, 0.5) is 5.69 Å². The molecule has 2 aromatic rings. The normalized spacial score (nSPS) is 18.9.